The molecule has 0 spiro atoms. The van der Waals surface area contributed by atoms with Gasteiger partial charge in [0, 0.05) is 18.2 Å². The summed E-state index contributed by atoms with van der Waals surface area (Å²) in [6.45, 7) is 4.57. The summed E-state index contributed by atoms with van der Waals surface area (Å²) in [5.41, 5.74) is 1.17. The lowest BCUT2D eigenvalue weighted by Gasteiger charge is -2.29. The smallest absolute Gasteiger partial charge is 0.263 e. The summed E-state index contributed by atoms with van der Waals surface area (Å²) in [5, 5.41) is 27.6. The van der Waals surface area contributed by atoms with Crippen molar-refractivity contribution in [3.63, 3.8) is 0 Å². The molecule has 30 heavy (non-hydrogen) atoms. The van der Waals surface area contributed by atoms with Crippen molar-refractivity contribution < 1.29 is 23.8 Å². The van der Waals surface area contributed by atoms with Crippen LogP contribution in [-0.2, 0) is 13.0 Å². The van der Waals surface area contributed by atoms with Gasteiger partial charge in [-0.1, -0.05) is 6.92 Å². The summed E-state index contributed by atoms with van der Waals surface area (Å²) < 4.78 is 27.6. The number of aryl methyl sites for hydroxylation is 1. The Morgan fingerprint density at radius 2 is 1.97 bits per heavy atom. The van der Waals surface area contributed by atoms with Crippen LogP contribution >= 0.6 is 0 Å². The van der Waals surface area contributed by atoms with E-state index in [2.05, 4.69) is 10.4 Å². The molecule has 1 saturated carbocycles. The molecule has 1 aliphatic rings. The van der Waals surface area contributed by atoms with E-state index in [4.69, 9.17) is 0 Å². The number of aromatic nitrogens is 2. The third kappa shape index (κ3) is 4.98. The number of hydrogen-bond donors (Lipinski definition) is 3. The molecular formula is C22H29F2N3O3. The lowest BCUT2D eigenvalue weighted by atomic mass is 9.86. The van der Waals surface area contributed by atoms with Gasteiger partial charge in [0.05, 0.1) is 17.8 Å². The summed E-state index contributed by atoms with van der Waals surface area (Å²) in [6.07, 6.45) is 1.78. The Kier molecular flexibility index (Phi) is 7.07. The predicted octanol–water partition coefficient (Wildman–Crippen LogP) is 4.13. The van der Waals surface area contributed by atoms with Gasteiger partial charge in [-0.2, -0.15) is 5.10 Å². The number of Topliss-reactive ketones (excluding diaryl/α,β-unsaturated/α-hetero) is 1. The topological polar surface area (TPSA) is 87.4 Å². The molecule has 1 aliphatic carbocycles. The van der Waals surface area contributed by atoms with Crippen LogP contribution in [0.15, 0.2) is 18.2 Å². The van der Waals surface area contributed by atoms with Crippen molar-refractivity contribution in [3.05, 3.63) is 40.7 Å². The first-order valence-electron chi connectivity index (χ1n) is 10.4. The molecule has 1 fully saturated rings. The molecule has 164 valence electrons. The quantitative estimate of drug-likeness (QED) is 0.558. The Morgan fingerprint density at radius 3 is 2.60 bits per heavy atom. The molecule has 0 amide bonds. The maximum atomic E-state index is 12.9. The summed E-state index contributed by atoms with van der Waals surface area (Å²) in [5.74, 6) is 0.0617. The average Bonchev–Trinajstić information content (AvgIpc) is 2.99. The van der Waals surface area contributed by atoms with Crippen molar-refractivity contribution in [3.8, 4) is 11.5 Å². The minimum Gasteiger partial charge on any atom is -0.507 e. The SMILES string of the molecule is CCc1c(O)c(C)nn1CC1CCC(NCC(=O)c2cc(C(F)F)ccc2O)CC1. The summed E-state index contributed by atoms with van der Waals surface area (Å²) in [6, 6.07) is 3.49. The highest BCUT2D eigenvalue weighted by atomic mass is 19.3. The Balaban J connectivity index is 1.50. The van der Waals surface area contributed by atoms with Gasteiger partial charge in [-0.25, -0.2) is 8.78 Å². The number of carbonyl (C=O) groups is 1. The highest BCUT2D eigenvalue weighted by Gasteiger charge is 2.24. The molecule has 0 bridgehead atoms. The van der Waals surface area contributed by atoms with Crippen LogP contribution in [0.25, 0.3) is 0 Å². The van der Waals surface area contributed by atoms with E-state index < -0.39 is 12.2 Å². The normalized spacial score (nSPS) is 19.4. The van der Waals surface area contributed by atoms with Crippen molar-refractivity contribution in [1.82, 2.24) is 15.1 Å². The van der Waals surface area contributed by atoms with Gasteiger partial charge >= 0.3 is 0 Å². The maximum absolute atomic E-state index is 12.9. The molecule has 1 aromatic carbocycles. The van der Waals surface area contributed by atoms with E-state index in [0.29, 0.717) is 11.6 Å². The van der Waals surface area contributed by atoms with Crippen LogP contribution in [0.4, 0.5) is 8.78 Å². The zero-order valence-electron chi connectivity index (χ0n) is 17.4. The van der Waals surface area contributed by atoms with E-state index in [-0.39, 0.29) is 35.2 Å². The standard InChI is InChI=1S/C22H29F2N3O3/c1-3-18-21(30)13(2)26-27(18)12-14-4-7-16(8-5-14)25-11-20(29)17-10-15(22(23)24)6-9-19(17)28/h6,9-10,14,16,22,25,28,30H,3-5,7-8,11-12H2,1-2H3. The lowest BCUT2D eigenvalue weighted by molar-refractivity contribution is 0.0979. The number of nitrogens with one attached hydrogen (secondary N) is 1. The van der Waals surface area contributed by atoms with E-state index in [1.807, 2.05) is 11.6 Å². The maximum Gasteiger partial charge on any atom is 0.263 e. The van der Waals surface area contributed by atoms with Crippen LogP contribution in [0, 0.1) is 12.8 Å². The number of carbonyl (C=O) groups excluding carboxylic acids is 1. The summed E-state index contributed by atoms with van der Waals surface area (Å²) >= 11 is 0. The fourth-order valence-corrected chi connectivity index (χ4v) is 4.16. The molecule has 0 radical (unpaired) electrons. The zero-order chi connectivity index (χ0) is 21.8. The second kappa shape index (κ2) is 9.55. The van der Waals surface area contributed by atoms with Gasteiger partial charge in [0.2, 0.25) is 0 Å². The Hall–Kier alpha value is -2.48. The van der Waals surface area contributed by atoms with Crippen molar-refractivity contribution in [2.24, 2.45) is 5.92 Å². The Morgan fingerprint density at radius 1 is 1.27 bits per heavy atom. The fraction of sp³-hybridized carbons (Fsp3) is 0.545. The number of nitrogens with zero attached hydrogens (tertiary/aromatic N) is 2. The molecule has 1 heterocycles. The minimum absolute atomic E-state index is 0.00178. The van der Waals surface area contributed by atoms with E-state index in [9.17, 15) is 23.8 Å². The van der Waals surface area contributed by atoms with Gasteiger partial charge in [-0.15, -0.1) is 0 Å². The number of alkyl halides is 2. The second-order valence-corrected chi connectivity index (χ2v) is 8.02. The number of hydrogen-bond acceptors (Lipinski definition) is 5. The fourth-order valence-electron chi connectivity index (χ4n) is 4.16. The molecule has 0 atom stereocenters. The highest BCUT2D eigenvalue weighted by Crippen LogP contribution is 2.29. The predicted molar refractivity (Wildman–Crippen MR) is 109 cm³/mol. The number of phenolic OH excluding ortho intramolecular Hbond substituents is 1. The van der Waals surface area contributed by atoms with Gasteiger partial charge in [0.1, 0.15) is 11.4 Å². The Bertz CT molecular complexity index is 890. The first kappa shape index (κ1) is 22.2. The molecule has 0 saturated heterocycles. The molecular weight excluding hydrogens is 392 g/mol. The molecule has 2 aromatic rings. The number of phenols is 1. The van der Waals surface area contributed by atoms with Crippen LogP contribution in [0.1, 0.15) is 66.3 Å². The number of benzene rings is 1. The largest absolute Gasteiger partial charge is 0.507 e. The van der Waals surface area contributed by atoms with Gasteiger partial charge < -0.3 is 15.5 Å². The van der Waals surface area contributed by atoms with E-state index in [1.165, 1.54) is 0 Å². The third-order valence-corrected chi connectivity index (χ3v) is 5.94. The van der Waals surface area contributed by atoms with E-state index >= 15 is 0 Å². The van der Waals surface area contributed by atoms with Crippen LogP contribution in [0.5, 0.6) is 11.5 Å². The molecule has 1 aromatic heterocycles. The Labute approximate surface area is 174 Å². The zero-order valence-corrected chi connectivity index (χ0v) is 17.4. The minimum atomic E-state index is -2.69. The molecule has 6 nitrogen and oxygen atoms in total. The van der Waals surface area contributed by atoms with Gasteiger partial charge in [0.15, 0.2) is 11.5 Å². The lowest BCUT2D eigenvalue weighted by Crippen LogP contribution is -2.37. The molecule has 3 rings (SSSR count). The summed E-state index contributed by atoms with van der Waals surface area (Å²) in [7, 11) is 0. The number of halogens is 2. The van der Waals surface area contributed by atoms with Gasteiger partial charge in [-0.3, -0.25) is 9.48 Å². The summed E-state index contributed by atoms with van der Waals surface area (Å²) in [4.78, 5) is 12.4. The third-order valence-electron chi connectivity index (χ3n) is 5.94. The molecule has 0 unspecified atom stereocenters. The first-order chi connectivity index (χ1) is 14.3. The number of aromatic hydroxyl groups is 2. The van der Waals surface area contributed by atoms with Gasteiger partial charge in [0.25, 0.3) is 6.43 Å². The van der Waals surface area contributed by atoms with Crippen LogP contribution in [-0.4, -0.2) is 38.4 Å². The van der Waals surface area contributed by atoms with Crippen LogP contribution < -0.4 is 5.32 Å². The highest BCUT2D eigenvalue weighted by molar-refractivity contribution is 6.00. The van der Waals surface area contributed by atoms with E-state index in [0.717, 1.165) is 62.5 Å². The number of rotatable bonds is 8. The van der Waals surface area contributed by atoms with Crippen molar-refractivity contribution in [1.29, 1.82) is 0 Å². The van der Waals surface area contributed by atoms with Crippen molar-refractivity contribution in [2.75, 3.05) is 6.54 Å². The monoisotopic (exact) mass is 421 g/mol. The van der Waals surface area contributed by atoms with Crippen LogP contribution in [0.3, 0.4) is 0 Å². The first-order valence-corrected chi connectivity index (χ1v) is 10.4. The molecule has 0 aliphatic heterocycles. The van der Waals surface area contributed by atoms with Crippen molar-refractivity contribution in [2.45, 2.75) is 65.0 Å². The van der Waals surface area contributed by atoms with E-state index in [1.54, 1.807) is 6.92 Å². The molecule has 8 heteroatoms. The van der Waals surface area contributed by atoms with Crippen LogP contribution in [0.2, 0.25) is 0 Å². The average molecular weight is 421 g/mol. The second-order valence-electron chi connectivity index (χ2n) is 8.02. The number of ketones is 1. The van der Waals surface area contributed by atoms with Crippen molar-refractivity contribution >= 4 is 5.78 Å². The molecule has 3 N–H and O–H groups in total. The van der Waals surface area contributed by atoms with Gasteiger partial charge in [-0.05, 0) is 63.1 Å².